The molecule has 118 valence electrons. The Balaban J connectivity index is 1.82. The van der Waals surface area contributed by atoms with E-state index in [1.165, 1.54) is 4.88 Å². The highest BCUT2D eigenvalue weighted by molar-refractivity contribution is 9.10. The Bertz CT molecular complexity index is 476. The smallest absolute Gasteiger partial charge is 0.181 e. The Morgan fingerprint density at radius 2 is 2.24 bits per heavy atom. The summed E-state index contributed by atoms with van der Waals surface area (Å²) in [7, 11) is 0. The maximum absolute atomic E-state index is 6.44. The number of nitrogens with zero attached hydrogens (tertiary/aromatic N) is 1. The first kappa shape index (κ1) is 15.9. The molecule has 2 fully saturated rings. The molecule has 1 aromatic heterocycles. The summed E-state index contributed by atoms with van der Waals surface area (Å²) in [5.41, 5.74) is 6.44. The van der Waals surface area contributed by atoms with Crippen molar-refractivity contribution in [2.75, 3.05) is 26.3 Å². The van der Waals surface area contributed by atoms with E-state index in [1.807, 2.05) is 0 Å². The van der Waals surface area contributed by atoms with Crippen molar-refractivity contribution in [3.63, 3.8) is 0 Å². The fourth-order valence-electron chi connectivity index (χ4n) is 3.36. The number of hydrogen-bond donors (Lipinski definition) is 1. The number of thiophene rings is 1. The van der Waals surface area contributed by atoms with Crippen LogP contribution in [0.15, 0.2) is 15.9 Å². The average Bonchev–Trinajstić information content (AvgIpc) is 3.09. The summed E-state index contributed by atoms with van der Waals surface area (Å²) < 4.78 is 12.9. The molecule has 2 aliphatic heterocycles. The van der Waals surface area contributed by atoms with Gasteiger partial charge in [0.15, 0.2) is 5.79 Å². The van der Waals surface area contributed by atoms with Gasteiger partial charge < -0.3 is 15.2 Å². The molecule has 2 N–H and O–H groups in total. The molecule has 0 saturated carbocycles. The highest BCUT2D eigenvalue weighted by atomic mass is 79.9. The SMILES string of the molecule is CCC(N)C(c1cc(Br)cs1)N1CCCC2(C1)OCCO2. The van der Waals surface area contributed by atoms with E-state index in [-0.39, 0.29) is 12.1 Å². The molecule has 0 amide bonds. The maximum Gasteiger partial charge on any atom is 0.181 e. The maximum atomic E-state index is 6.44. The second-order valence-electron chi connectivity index (χ2n) is 5.87. The fourth-order valence-corrected chi connectivity index (χ4v) is 5.01. The van der Waals surface area contributed by atoms with Crippen molar-refractivity contribution in [3.05, 3.63) is 20.8 Å². The molecule has 6 heteroatoms. The number of piperidine rings is 1. The second kappa shape index (κ2) is 6.64. The van der Waals surface area contributed by atoms with Gasteiger partial charge in [-0.1, -0.05) is 6.92 Å². The van der Waals surface area contributed by atoms with Crippen LogP contribution in [0.5, 0.6) is 0 Å². The lowest BCUT2D eigenvalue weighted by Gasteiger charge is -2.43. The van der Waals surface area contributed by atoms with Crippen molar-refractivity contribution in [1.82, 2.24) is 4.90 Å². The van der Waals surface area contributed by atoms with Gasteiger partial charge in [-0.25, -0.2) is 0 Å². The molecule has 0 aromatic carbocycles. The number of ether oxygens (including phenoxy) is 2. The van der Waals surface area contributed by atoms with E-state index in [0.717, 1.165) is 36.8 Å². The van der Waals surface area contributed by atoms with Gasteiger partial charge in [-0.05, 0) is 41.4 Å². The van der Waals surface area contributed by atoms with E-state index in [1.54, 1.807) is 11.3 Å². The Morgan fingerprint density at radius 1 is 1.48 bits per heavy atom. The van der Waals surface area contributed by atoms with E-state index < -0.39 is 5.79 Å². The summed E-state index contributed by atoms with van der Waals surface area (Å²) in [6.07, 6.45) is 3.05. The Morgan fingerprint density at radius 3 is 2.86 bits per heavy atom. The van der Waals surface area contributed by atoms with E-state index in [4.69, 9.17) is 15.2 Å². The van der Waals surface area contributed by atoms with Crippen molar-refractivity contribution >= 4 is 27.3 Å². The molecule has 2 atom stereocenters. The lowest BCUT2D eigenvalue weighted by atomic mass is 9.97. The van der Waals surface area contributed by atoms with Crippen LogP contribution in [0.25, 0.3) is 0 Å². The van der Waals surface area contributed by atoms with Gasteiger partial charge in [0.1, 0.15) is 0 Å². The lowest BCUT2D eigenvalue weighted by Crippen LogP contribution is -2.53. The number of likely N-dealkylation sites (tertiary alicyclic amines) is 1. The molecule has 4 nitrogen and oxygen atoms in total. The zero-order chi connectivity index (χ0) is 14.9. The van der Waals surface area contributed by atoms with E-state index >= 15 is 0 Å². The summed E-state index contributed by atoms with van der Waals surface area (Å²) in [5.74, 6) is -0.390. The summed E-state index contributed by atoms with van der Waals surface area (Å²) in [6.45, 7) is 5.46. The van der Waals surface area contributed by atoms with Gasteiger partial charge in [0.05, 0.1) is 25.8 Å². The van der Waals surface area contributed by atoms with Crippen LogP contribution in [0.1, 0.15) is 37.1 Å². The predicted molar refractivity (Wildman–Crippen MR) is 88.5 cm³/mol. The third-order valence-corrected chi connectivity index (χ3v) is 6.17. The minimum absolute atomic E-state index is 0.132. The largest absolute Gasteiger partial charge is 0.346 e. The molecule has 2 saturated heterocycles. The molecule has 3 rings (SSSR count). The van der Waals surface area contributed by atoms with Crippen LogP contribution in [0.4, 0.5) is 0 Å². The van der Waals surface area contributed by atoms with Crippen molar-refractivity contribution in [2.24, 2.45) is 5.73 Å². The number of nitrogens with two attached hydrogens (primary N) is 1. The van der Waals surface area contributed by atoms with Gasteiger partial charge in [-0.3, -0.25) is 4.90 Å². The molecule has 2 aliphatic rings. The monoisotopic (exact) mass is 374 g/mol. The van der Waals surface area contributed by atoms with Crippen molar-refractivity contribution in [3.8, 4) is 0 Å². The minimum atomic E-state index is -0.390. The second-order valence-corrected chi connectivity index (χ2v) is 7.72. The van der Waals surface area contributed by atoms with E-state index in [2.05, 4.69) is 39.2 Å². The van der Waals surface area contributed by atoms with E-state index in [9.17, 15) is 0 Å². The van der Waals surface area contributed by atoms with Crippen LogP contribution in [0.3, 0.4) is 0 Å². The van der Waals surface area contributed by atoms with Gasteiger partial charge >= 0.3 is 0 Å². The van der Waals surface area contributed by atoms with Crippen LogP contribution < -0.4 is 5.73 Å². The lowest BCUT2D eigenvalue weighted by molar-refractivity contribution is -0.195. The third-order valence-electron chi connectivity index (χ3n) is 4.41. The standard InChI is InChI=1S/C15H23BrN2O2S/c1-2-12(17)14(13-8-11(16)9-21-13)18-5-3-4-15(10-18)19-6-7-20-15/h8-9,12,14H,2-7,10,17H2,1H3. The van der Waals surface area contributed by atoms with Gasteiger partial charge in [-0.15, -0.1) is 11.3 Å². The highest BCUT2D eigenvalue weighted by Crippen LogP contribution is 2.38. The van der Waals surface area contributed by atoms with Gasteiger partial charge in [0.2, 0.25) is 0 Å². The Kier molecular flexibility index (Phi) is 5.03. The van der Waals surface area contributed by atoms with Gasteiger partial charge in [0.25, 0.3) is 0 Å². The number of hydrogen-bond acceptors (Lipinski definition) is 5. The molecular formula is C15H23BrN2O2S. The third kappa shape index (κ3) is 3.35. The first-order valence-corrected chi connectivity index (χ1v) is 9.32. The van der Waals surface area contributed by atoms with Gasteiger partial charge in [-0.2, -0.15) is 0 Å². The van der Waals surface area contributed by atoms with Crippen LogP contribution in [0, 0.1) is 0 Å². The normalized spacial score (nSPS) is 25.3. The average molecular weight is 375 g/mol. The Labute approximate surface area is 138 Å². The first-order valence-electron chi connectivity index (χ1n) is 7.65. The fraction of sp³-hybridized carbons (Fsp3) is 0.733. The molecular weight excluding hydrogens is 352 g/mol. The summed E-state index contributed by atoms with van der Waals surface area (Å²) in [6, 6.07) is 2.58. The molecule has 0 aliphatic carbocycles. The topological polar surface area (TPSA) is 47.7 Å². The van der Waals surface area contributed by atoms with Crippen LogP contribution >= 0.6 is 27.3 Å². The number of halogens is 1. The van der Waals surface area contributed by atoms with Crippen LogP contribution in [0.2, 0.25) is 0 Å². The van der Waals surface area contributed by atoms with E-state index in [0.29, 0.717) is 13.2 Å². The Hall–Kier alpha value is 0.0200. The molecule has 3 heterocycles. The molecule has 1 spiro atoms. The molecule has 0 radical (unpaired) electrons. The number of rotatable bonds is 4. The van der Waals surface area contributed by atoms with Crippen molar-refractivity contribution in [1.29, 1.82) is 0 Å². The summed E-state index contributed by atoms with van der Waals surface area (Å²) in [4.78, 5) is 3.78. The zero-order valence-corrected chi connectivity index (χ0v) is 14.8. The first-order chi connectivity index (χ1) is 10.1. The quantitative estimate of drug-likeness (QED) is 0.879. The van der Waals surface area contributed by atoms with Crippen molar-refractivity contribution < 1.29 is 9.47 Å². The van der Waals surface area contributed by atoms with Gasteiger partial charge in [0, 0.05) is 27.2 Å². The minimum Gasteiger partial charge on any atom is -0.346 e. The van der Waals surface area contributed by atoms with Crippen LogP contribution in [-0.4, -0.2) is 43.0 Å². The molecule has 0 bridgehead atoms. The van der Waals surface area contributed by atoms with Crippen LogP contribution in [-0.2, 0) is 9.47 Å². The molecule has 21 heavy (non-hydrogen) atoms. The summed E-state index contributed by atoms with van der Waals surface area (Å²) >= 11 is 5.33. The highest BCUT2D eigenvalue weighted by Gasteiger charge is 2.43. The summed E-state index contributed by atoms with van der Waals surface area (Å²) in [5, 5.41) is 2.13. The zero-order valence-electron chi connectivity index (χ0n) is 12.4. The predicted octanol–water partition coefficient (Wildman–Crippen LogP) is 3.13. The van der Waals surface area contributed by atoms with Crippen molar-refractivity contribution in [2.45, 2.75) is 44.1 Å². The molecule has 2 unspecified atom stereocenters. The molecule has 1 aromatic rings.